The van der Waals surface area contributed by atoms with Gasteiger partial charge in [-0.15, -0.1) is 0 Å². The largest absolute Gasteiger partial charge is 0.379 e. The molecule has 1 saturated heterocycles. The van der Waals surface area contributed by atoms with Crippen LogP contribution in [0.1, 0.15) is 42.9 Å². The highest BCUT2D eigenvalue weighted by Gasteiger charge is 2.41. The van der Waals surface area contributed by atoms with E-state index in [1.807, 2.05) is 25.1 Å². The molecule has 2 heterocycles. The molecule has 1 fully saturated rings. The second-order valence-corrected chi connectivity index (χ2v) is 8.52. The minimum Gasteiger partial charge on any atom is -0.379 e. The van der Waals surface area contributed by atoms with Crippen molar-refractivity contribution in [2.45, 2.75) is 44.2 Å². The van der Waals surface area contributed by atoms with Gasteiger partial charge in [0.2, 0.25) is 5.91 Å². The Morgan fingerprint density at radius 3 is 2.73 bits per heavy atom. The summed E-state index contributed by atoms with van der Waals surface area (Å²) < 4.78 is 18.7. The summed E-state index contributed by atoms with van der Waals surface area (Å²) in [4.78, 5) is 19.3. The molecule has 2 aromatic carbocycles. The molecule has 0 spiro atoms. The Morgan fingerprint density at radius 2 is 2.07 bits per heavy atom. The smallest absolute Gasteiger partial charge is 0.232 e. The molecule has 2 aliphatic heterocycles. The minimum atomic E-state index is -0.844. The highest BCUT2D eigenvalue weighted by atomic mass is 35.5. The summed E-state index contributed by atoms with van der Waals surface area (Å²) in [6.45, 7) is 3.08. The third kappa shape index (κ3) is 4.07. The normalized spacial score (nSPS) is 24.6. The summed E-state index contributed by atoms with van der Waals surface area (Å²) in [5.74, 6) is -0.130. The van der Waals surface area contributed by atoms with Gasteiger partial charge in [-0.3, -0.25) is 9.69 Å². The number of guanidine groups is 1. The molecule has 7 heteroatoms. The van der Waals surface area contributed by atoms with Gasteiger partial charge in [0.1, 0.15) is 5.82 Å². The molecular weight excluding hydrogens is 405 g/mol. The lowest BCUT2D eigenvalue weighted by atomic mass is 9.85. The number of nitrogens with two attached hydrogens (primary N) is 1. The number of rotatable bonds is 4. The Balaban J connectivity index is 1.63. The second kappa shape index (κ2) is 8.36. The summed E-state index contributed by atoms with van der Waals surface area (Å²) in [6, 6.07) is 12.0. The van der Waals surface area contributed by atoms with Crippen molar-refractivity contribution in [3.8, 4) is 0 Å². The average Bonchev–Trinajstić information content (AvgIpc) is 2.71. The van der Waals surface area contributed by atoms with Gasteiger partial charge in [0.25, 0.3) is 0 Å². The quantitative estimate of drug-likeness (QED) is 0.798. The number of halogens is 2. The molecule has 30 heavy (non-hydrogen) atoms. The molecule has 2 N–H and O–H groups in total. The Bertz CT molecular complexity index is 973. The summed E-state index contributed by atoms with van der Waals surface area (Å²) in [5.41, 5.74) is 8.02. The van der Waals surface area contributed by atoms with E-state index in [9.17, 15) is 9.18 Å². The molecule has 2 atom stereocenters. The van der Waals surface area contributed by atoms with Crippen LogP contribution in [0.15, 0.2) is 47.5 Å². The van der Waals surface area contributed by atoms with E-state index in [2.05, 4.69) is 0 Å². The molecular formula is C23H25ClFN3O2. The fraction of sp³-hybridized carbons (Fsp3) is 0.391. The van der Waals surface area contributed by atoms with E-state index in [4.69, 9.17) is 27.1 Å². The second-order valence-electron chi connectivity index (χ2n) is 8.14. The standard InChI is InChI=1S/C23H25ClFN3O2/c1-23(13-20(29)28(22(26)27-23)18-5-3-11-30-14-18)19-6-2-4-16(21(19)24)12-15-7-9-17(25)10-8-15/h2,4,6-10,18H,3,5,11-14H2,1H3,(H2,26,27)/t18-,23+/m1/s1. The zero-order valence-electron chi connectivity index (χ0n) is 16.9. The van der Waals surface area contributed by atoms with E-state index < -0.39 is 5.54 Å². The van der Waals surface area contributed by atoms with Crippen molar-refractivity contribution in [2.24, 2.45) is 10.7 Å². The van der Waals surface area contributed by atoms with Gasteiger partial charge in [-0.1, -0.05) is 41.9 Å². The molecule has 2 aromatic rings. The number of hydrogen-bond donors (Lipinski definition) is 1. The molecule has 0 aromatic heterocycles. The van der Waals surface area contributed by atoms with Crippen LogP contribution in [0, 0.1) is 5.82 Å². The Kier molecular flexibility index (Phi) is 5.80. The molecule has 158 valence electrons. The third-order valence-electron chi connectivity index (χ3n) is 5.84. The number of nitrogens with zero attached hydrogens (tertiary/aromatic N) is 2. The van der Waals surface area contributed by atoms with Gasteiger partial charge in [0, 0.05) is 11.6 Å². The number of ether oxygens (including phenoxy) is 1. The van der Waals surface area contributed by atoms with E-state index in [1.165, 1.54) is 12.1 Å². The van der Waals surface area contributed by atoms with Crippen LogP contribution in [0.2, 0.25) is 5.02 Å². The number of hydrogen-bond acceptors (Lipinski definition) is 4. The molecule has 0 bridgehead atoms. The van der Waals surface area contributed by atoms with Crippen LogP contribution in [0.25, 0.3) is 0 Å². The van der Waals surface area contributed by atoms with Gasteiger partial charge in [-0.05, 0) is 55.0 Å². The van der Waals surface area contributed by atoms with Gasteiger partial charge >= 0.3 is 0 Å². The van der Waals surface area contributed by atoms with Crippen molar-refractivity contribution in [2.75, 3.05) is 13.2 Å². The van der Waals surface area contributed by atoms with Crippen LogP contribution >= 0.6 is 11.6 Å². The van der Waals surface area contributed by atoms with E-state index in [0.29, 0.717) is 24.7 Å². The van der Waals surface area contributed by atoms with Crippen LogP contribution in [-0.2, 0) is 21.5 Å². The van der Waals surface area contributed by atoms with Crippen molar-refractivity contribution in [1.82, 2.24) is 4.90 Å². The summed E-state index contributed by atoms with van der Waals surface area (Å²) in [5, 5.41) is 0.558. The van der Waals surface area contributed by atoms with Crippen LogP contribution in [0.4, 0.5) is 4.39 Å². The SMILES string of the molecule is C[C@@]1(c2cccc(Cc3ccc(F)cc3)c2Cl)CC(=O)N([C@@H]2CCCOC2)C(N)=N1. The number of aliphatic imine (C=N–C) groups is 1. The predicted molar refractivity (Wildman–Crippen MR) is 115 cm³/mol. The summed E-state index contributed by atoms with van der Waals surface area (Å²) in [6.07, 6.45) is 2.49. The first-order valence-electron chi connectivity index (χ1n) is 10.1. The lowest BCUT2D eigenvalue weighted by Crippen LogP contribution is -2.56. The number of carbonyl (C=O) groups excluding carboxylic acids is 1. The maximum absolute atomic E-state index is 13.2. The monoisotopic (exact) mass is 429 g/mol. The lowest BCUT2D eigenvalue weighted by molar-refractivity contribution is -0.133. The van der Waals surface area contributed by atoms with Crippen LogP contribution < -0.4 is 5.73 Å². The zero-order valence-corrected chi connectivity index (χ0v) is 17.7. The maximum Gasteiger partial charge on any atom is 0.232 e. The van der Waals surface area contributed by atoms with Crippen LogP contribution in [0.5, 0.6) is 0 Å². The van der Waals surface area contributed by atoms with Crippen LogP contribution in [-0.4, -0.2) is 36.0 Å². The average molecular weight is 430 g/mol. The fourth-order valence-corrected chi connectivity index (χ4v) is 4.68. The summed E-state index contributed by atoms with van der Waals surface area (Å²) in [7, 11) is 0. The first-order valence-corrected chi connectivity index (χ1v) is 10.5. The summed E-state index contributed by atoms with van der Waals surface area (Å²) >= 11 is 6.76. The molecule has 5 nitrogen and oxygen atoms in total. The lowest BCUT2D eigenvalue weighted by Gasteiger charge is -2.40. The van der Waals surface area contributed by atoms with E-state index in [0.717, 1.165) is 29.5 Å². The third-order valence-corrected chi connectivity index (χ3v) is 6.29. The number of benzene rings is 2. The van der Waals surface area contributed by atoms with Crippen molar-refractivity contribution in [3.05, 3.63) is 70.0 Å². The molecule has 1 amide bonds. The zero-order chi connectivity index (χ0) is 21.3. The highest BCUT2D eigenvalue weighted by Crippen LogP contribution is 2.39. The van der Waals surface area contributed by atoms with Gasteiger partial charge in [-0.25, -0.2) is 9.38 Å². The number of amides is 1. The van der Waals surface area contributed by atoms with Crippen molar-refractivity contribution in [1.29, 1.82) is 0 Å². The van der Waals surface area contributed by atoms with Crippen molar-refractivity contribution < 1.29 is 13.9 Å². The van der Waals surface area contributed by atoms with E-state index in [1.54, 1.807) is 17.0 Å². The Hall–Kier alpha value is -2.44. The first kappa shape index (κ1) is 20.8. The molecule has 0 unspecified atom stereocenters. The molecule has 2 aliphatic rings. The fourth-order valence-electron chi connectivity index (χ4n) is 4.28. The highest BCUT2D eigenvalue weighted by molar-refractivity contribution is 6.32. The van der Waals surface area contributed by atoms with E-state index >= 15 is 0 Å². The van der Waals surface area contributed by atoms with Gasteiger partial charge < -0.3 is 10.5 Å². The number of carbonyl (C=O) groups is 1. The minimum absolute atomic E-state index is 0.0690. The molecule has 0 radical (unpaired) electrons. The maximum atomic E-state index is 13.2. The van der Waals surface area contributed by atoms with Crippen molar-refractivity contribution in [3.63, 3.8) is 0 Å². The van der Waals surface area contributed by atoms with Gasteiger partial charge in [0.05, 0.1) is 24.6 Å². The predicted octanol–water partition coefficient (Wildman–Crippen LogP) is 4.01. The van der Waals surface area contributed by atoms with E-state index in [-0.39, 0.29) is 30.1 Å². The molecule has 0 aliphatic carbocycles. The molecule has 4 rings (SSSR count). The topological polar surface area (TPSA) is 67.9 Å². The first-order chi connectivity index (χ1) is 14.4. The van der Waals surface area contributed by atoms with Crippen molar-refractivity contribution >= 4 is 23.5 Å². The Labute approximate surface area is 180 Å². The Morgan fingerprint density at radius 1 is 1.30 bits per heavy atom. The van der Waals surface area contributed by atoms with Gasteiger partial charge in [-0.2, -0.15) is 0 Å². The van der Waals surface area contributed by atoms with Crippen LogP contribution in [0.3, 0.4) is 0 Å². The molecule has 0 saturated carbocycles. The van der Waals surface area contributed by atoms with Gasteiger partial charge in [0.15, 0.2) is 5.96 Å².